The molecule has 1 amide bonds. The Bertz CT molecular complexity index is 739. The van der Waals surface area contributed by atoms with E-state index < -0.39 is 11.6 Å². The van der Waals surface area contributed by atoms with Gasteiger partial charge in [0.1, 0.15) is 0 Å². The molecule has 3 nitrogen and oxygen atoms in total. The second-order valence-electron chi connectivity index (χ2n) is 5.54. The van der Waals surface area contributed by atoms with Crippen LogP contribution in [-0.4, -0.2) is 19.5 Å². The smallest absolute Gasteiger partial charge is 0.211 e. The van der Waals surface area contributed by atoms with Crippen LogP contribution in [0.3, 0.4) is 0 Å². The summed E-state index contributed by atoms with van der Waals surface area (Å²) in [7, 11) is 0. The third kappa shape index (κ3) is 3.21. The van der Waals surface area contributed by atoms with Gasteiger partial charge in [-0.05, 0) is 29.3 Å². The number of carbonyl (C=O) groups excluding carboxylic acids is 1. The molecule has 2 N–H and O–H groups in total. The summed E-state index contributed by atoms with van der Waals surface area (Å²) in [5.41, 5.74) is 1.89. The van der Waals surface area contributed by atoms with Gasteiger partial charge in [0.2, 0.25) is 6.41 Å². The van der Waals surface area contributed by atoms with Crippen LogP contribution in [0.5, 0.6) is 0 Å². The Morgan fingerprint density at radius 2 is 1.87 bits per heavy atom. The van der Waals surface area contributed by atoms with Crippen LogP contribution in [0.4, 0.5) is 14.5 Å². The van der Waals surface area contributed by atoms with Gasteiger partial charge in [-0.25, -0.2) is 8.78 Å². The molecular formula is C17H15ClF2N2O. The molecule has 0 aromatic heterocycles. The minimum absolute atomic E-state index is 0.0609. The summed E-state index contributed by atoms with van der Waals surface area (Å²) < 4.78 is 27.2. The van der Waals surface area contributed by atoms with E-state index >= 15 is 0 Å². The van der Waals surface area contributed by atoms with Crippen molar-refractivity contribution in [3.8, 4) is 0 Å². The van der Waals surface area contributed by atoms with Gasteiger partial charge in [-0.15, -0.1) is 0 Å². The van der Waals surface area contributed by atoms with Crippen LogP contribution in [0.25, 0.3) is 0 Å². The summed E-state index contributed by atoms with van der Waals surface area (Å²) in [5.74, 6) is -1.94. The van der Waals surface area contributed by atoms with Crippen molar-refractivity contribution in [2.45, 2.75) is 11.8 Å². The SMILES string of the molecule is O=CNc1cc(F)c(F)cc1C1CNCC1c1cccc(Cl)c1. The van der Waals surface area contributed by atoms with Crippen LogP contribution in [0.1, 0.15) is 23.0 Å². The molecule has 120 valence electrons. The van der Waals surface area contributed by atoms with Crippen molar-refractivity contribution in [3.63, 3.8) is 0 Å². The number of halogens is 3. The maximum atomic E-state index is 13.7. The second kappa shape index (κ2) is 6.64. The lowest BCUT2D eigenvalue weighted by Gasteiger charge is -2.22. The molecule has 0 radical (unpaired) electrons. The fourth-order valence-corrected chi connectivity index (χ4v) is 3.35. The maximum Gasteiger partial charge on any atom is 0.211 e. The van der Waals surface area contributed by atoms with E-state index in [-0.39, 0.29) is 11.8 Å². The van der Waals surface area contributed by atoms with Crippen LogP contribution in [0.15, 0.2) is 36.4 Å². The first kappa shape index (κ1) is 15.9. The molecule has 0 aliphatic carbocycles. The van der Waals surface area contributed by atoms with Crippen molar-refractivity contribution in [3.05, 3.63) is 64.2 Å². The van der Waals surface area contributed by atoms with Crippen molar-refractivity contribution in [2.75, 3.05) is 18.4 Å². The van der Waals surface area contributed by atoms with Gasteiger partial charge in [0.05, 0.1) is 0 Å². The molecule has 0 saturated carbocycles. The Hall–Kier alpha value is -1.98. The van der Waals surface area contributed by atoms with Gasteiger partial charge in [0.15, 0.2) is 11.6 Å². The summed E-state index contributed by atoms with van der Waals surface area (Å²) in [5, 5.41) is 6.36. The van der Waals surface area contributed by atoms with Crippen LogP contribution in [0.2, 0.25) is 5.02 Å². The van der Waals surface area contributed by atoms with Gasteiger partial charge in [0.25, 0.3) is 0 Å². The lowest BCUT2D eigenvalue weighted by molar-refractivity contribution is -0.105. The Kier molecular flexibility index (Phi) is 4.59. The van der Waals surface area contributed by atoms with Gasteiger partial charge >= 0.3 is 0 Å². The quantitative estimate of drug-likeness (QED) is 0.837. The summed E-state index contributed by atoms with van der Waals surface area (Å²) in [4.78, 5) is 10.8. The Labute approximate surface area is 137 Å². The molecule has 1 aliphatic heterocycles. The molecule has 1 fully saturated rings. The summed E-state index contributed by atoms with van der Waals surface area (Å²) in [6, 6.07) is 9.67. The lowest BCUT2D eigenvalue weighted by atomic mass is 9.83. The molecule has 2 unspecified atom stereocenters. The molecule has 1 aliphatic rings. The van der Waals surface area contributed by atoms with Crippen molar-refractivity contribution < 1.29 is 13.6 Å². The highest BCUT2D eigenvalue weighted by molar-refractivity contribution is 6.30. The average molecular weight is 337 g/mol. The fraction of sp³-hybridized carbons (Fsp3) is 0.235. The first-order chi connectivity index (χ1) is 11.1. The standard InChI is InChI=1S/C17H15ClF2N2O/c18-11-3-1-2-10(4-11)13-7-21-8-14(13)12-5-15(19)16(20)6-17(12)22-9-23/h1-6,9,13-14,21H,7-8H2,(H,22,23). The molecular weight excluding hydrogens is 322 g/mol. The topological polar surface area (TPSA) is 41.1 Å². The molecule has 2 aromatic rings. The maximum absolute atomic E-state index is 13.7. The molecule has 6 heteroatoms. The molecule has 2 atom stereocenters. The highest BCUT2D eigenvalue weighted by Crippen LogP contribution is 2.40. The third-order valence-electron chi connectivity index (χ3n) is 4.20. The van der Waals surface area contributed by atoms with E-state index in [0.29, 0.717) is 35.8 Å². The Balaban J connectivity index is 2.02. The first-order valence-electron chi connectivity index (χ1n) is 7.25. The van der Waals surface area contributed by atoms with E-state index in [0.717, 1.165) is 17.7 Å². The zero-order chi connectivity index (χ0) is 16.4. The molecule has 23 heavy (non-hydrogen) atoms. The minimum Gasteiger partial charge on any atom is -0.328 e. The Morgan fingerprint density at radius 1 is 1.13 bits per heavy atom. The number of hydrogen-bond donors (Lipinski definition) is 2. The van der Waals surface area contributed by atoms with Gasteiger partial charge in [-0.2, -0.15) is 0 Å². The zero-order valence-corrected chi connectivity index (χ0v) is 12.9. The van der Waals surface area contributed by atoms with Crippen LogP contribution >= 0.6 is 11.6 Å². The van der Waals surface area contributed by atoms with Crippen molar-refractivity contribution in [1.82, 2.24) is 5.32 Å². The molecule has 0 spiro atoms. The molecule has 3 rings (SSSR count). The number of benzene rings is 2. The number of hydrogen-bond acceptors (Lipinski definition) is 2. The third-order valence-corrected chi connectivity index (χ3v) is 4.43. The van der Waals surface area contributed by atoms with Gasteiger partial charge in [0, 0.05) is 41.7 Å². The van der Waals surface area contributed by atoms with Crippen molar-refractivity contribution in [1.29, 1.82) is 0 Å². The molecule has 1 heterocycles. The van der Waals surface area contributed by atoms with Crippen molar-refractivity contribution >= 4 is 23.7 Å². The van der Waals surface area contributed by atoms with Gasteiger partial charge in [-0.1, -0.05) is 23.7 Å². The number of carbonyl (C=O) groups is 1. The van der Waals surface area contributed by atoms with E-state index in [1.54, 1.807) is 6.07 Å². The number of rotatable bonds is 4. The first-order valence-corrected chi connectivity index (χ1v) is 7.63. The van der Waals surface area contributed by atoms with E-state index in [4.69, 9.17) is 11.6 Å². The molecule has 1 saturated heterocycles. The largest absolute Gasteiger partial charge is 0.328 e. The minimum atomic E-state index is -0.983. The fourth-order valence-electron chi connectivity index (χ4n) is 3.15. The van der Waals surface area contributed by atoms with Gasteiger partial charge in [-0.3, -0.25) is 4.79 Å². The van der Waals surface area contributed by atoms with Crippen LogP contribution in [-0.2, 0) is 4.79 Å². The highest BCUT2D eigenvalue weighted by atomic mass is 35.5. The monoisotopic (exact) mass is 336 g/mol. The van der Waals surface area contributed by atoms with Crippen molar-refractivity contribution in [2.24, 2.45) is 0 Å². The van der Waals surface area contributed by atoms with E-state index in [1.807, 2.05) is 18.2 Å². The second-order valence-corrected chi connectivity index (χ2v) is 5.98. The van der Waals surface area contributed by atoms with E-state index in [1.165, 1.54) is 0 Å². The predicted molar refractivity (Wildman–Crippen MR) is 85.8 cm³/mol. The number of anilines is 1. The molecule has 2 aromatic carbocycles. The summed E-state index contributed by atoms with van der Waals surface area (Å²) in [6.45, 7) is 1.31. The summed E-state index contributed by atoms with van der Waals surface area (Å²) in [6.07, 6.45) is 0.465. The average Bonchev–Trinajstić information content (AvgIpc) is 3.00. The van der Waals surface area contributed by atoms with Crippen LogP contribution < -0.4 is 10.6 Å². The normalized spacial score (nSPS) is 20.5. The highest BCUT2D eigenvalue weighted by Gasteiger charge is 2.32. The van der Waals surface area contributed by atoms with E-state index in [2.05, 4.69) is 10.6 Å². The molecule has 0 bridgehead atoms. The van der Waals surface area contributed by atoms with E-state index in [9.17, 15) is 13.6 Å². The summed E-state index contributed by atoms with van der Waals surface area (Å²) >= 11 is 6.06. The lowest BCUT2D eigenvalue weighted by Crippen LogP contribution is -2.13. The number of amides is 1. The van der Waals surface area contributed by atoms with Gasteiger partial charge < -0.3 is 10.6 Å². The predicted octanol–water partition coefficient (Wildman–Crippen LogP) is 3.66. The Morgan fingerprint density at radius 3 is 2.61 bits per heavy atom. The zero-order valence-electron chi connectivity index (χ0n) is 12.2. The van der Waals surface area contributed by atoms with Crippen LogP contribution in [0, 0.1) is 11.6 Å². The number of nitrogens with one attached hydrogen (secondary N) is 2.